The van der Waals surface area contributed by atoms with Crippen molar-refractivity contribution in [1.29, 1.82) is 0 Å². The molecule has 6 nitrogen and oxygen atoms in total. The Kier molecular flexibility index (Phi) is 6.75. The Morgan fingerprint density at radius 1 is 0.818 bits per heavy atom. The van der Waals surface area contributed by atoms with E-state index in [-0.39, 0.29) is 31.0 Å². The number of nitrogens with one attached hydrogen (secondary N) is 2. The monoisotopic (exact) mass is 474 g/mol. The lowest BCUT2D eigenvalue weighted by atomic mass is 10.2. The Labute approximate surface area is 185 Å². The number of benzene rings is 2. The summed E-state index contributed by atoms with van der Waals surface area (Å²) in [5.74, 6) is 0. The van der Waals surface area contributed by atoms with E-state index in [1.54, 1.807) is 6.92 Å². The average molecular weight is 474 g/mol. The van der Waals surface area contributed by atoms with Crippen LogP contribution in [0.3, 0.4) is 0 Å². The highest BCUT2D eigenvalue weighted by molar-refractivity contribution is 5.91. The number of halogens is 6. The lowest BCUT2D eigenvalue weighted by Crippen LogP contribution is -2.57. The van der Waals surface area contributed by atoms with Gasteiger partial charge >= 0.3 is 24.4 Å². The van der Waals surface area contributed by atoms with Crippen molar-refractivity contribution >= 4 is 23.4 Å². The highest BCUT2D eigenvalue weighted by Gasteiger charge is 2.33. The Morgan fingerprint density at radius 2 is 1.30 bits per heavy atom. The second-order valence-electron chi connectivity index (χ2n) is 7.51. The highest BCUT2D eigenvalue weighted by atomic mass is 19.4. The fourth-order valence-electron chi connectivity index (χ4n) is 3.39. The van der Waals surface area contributed by atoms with E-state index in [2.05, 4.69) is 10.6 Å². The van der Waals surface area contributed by atoms with Gasteiger partial charge in [-0.15, -0.1) is 0 Å². The van der Waals surface area contributed by atoms with Gasteiger partial charge in [0.05, 0.1) is 11.1 Å². The van der Waals surface area contributed by atoms with Crippen molar-refractivity contribution in [3.8, 4) is 0 Å². The van der Waals surface area contributed by atoms with Crippen LogP contribution >= 0.6 is 0 Å². The number of rotatable bonds is 2. The predicted molar refractivity (Wildman–Crippen MR) is 109 cm³/mol. The molecule has 1 heterocycles. The van der Waals surface area contributed by atoms with E-state index in [1.807, 2.05) is 0 Å². The van der Waals surface area contributed by atoms with Gasteiger partial charge in [0, 0.05) is 37.1 Å². The first-order valence-corrected chi connectivity index (χ1v) is 9.82. The van der Waals surface area contributed by atoms with Crippen molar-refractivity contribution < 1.29 is 35.9 Å². The third-order valence-corrected chi connectivity index (χ3v) is 5.06. The number of hydrogen-bond donors (Lipinski definition) is 2. The van der Waals surface area contributed by atoms with E-state index in [1.165, 1.54) is 34.1 Å². The minimum Gasteiger partial charge on any atom is -0.321 e. The van der Waals surface area contributed by atoms with Crippen molar-refractivity contribution in [2.45, 2.75) is 25.3 Å². The van der Waals surface area contributed by atoms with Gasteiger partial charge in [0.1, 0.15) is 0 Å². The highest BCUT2D eigenvalue weighted by Crippen LogP contribution is 2.32. The van der Waals surface area contributed by atoms with E-state index in [0.717, 1.165) is 24.3 Å². The summed E-state index contributed by atoms with van der Waals surface area (Å²) in [6.45, 7) is 1.91. The smallest absolute Gasteiger partial charge is 0.321 e. The Bertz CT molecular complexity index is 1020. The summed E-state index contributed by atoms with van der Waals surface area (Å²) < 4.78 is 77.1. The molecule has 1 aliphatic rings. The molecule has 12 heteroatoms. The van der Waals surface area contributed by atoms with E-state index >= 15 is 0 Å². The van der Waals surface area contributed by atoms with Crippen molar-refractivity contribution in [2.75, 3.05) is 30.3 Å². The molecule has 2 aromatic carbocycles. The third-order valence-electron chi connectivity index (χ3n) is 5.06. The van der Waals surface area contributed by atoms with Gasteiger partial charge in [0.2, 0.25) is 0 Å². The predicted octanol–water partition coefficient (Wildman–Crippen LogP) is 5.49. The van der Waals surface area contributed by atoms with Gasteiger partial charge in [-0.3, -0.25) is 0 Å². The lowest BCUT2D eigenvalue weighted by molar-refractivity contribution is -0.138. The fourth-order valence-corrected chi connectivity index (χ4v) is 3.39. The van der Waals surface area contributed by atoms with Crippen molar-refractivity contribution in [3.63, 3.8) is 0 Å². The molecular weight excluding hydrogens is 454 g/mol. The summed E-state index contributed by atoms with van der Waals surface area (Å²) in [7, 11) is 0. The van der Waals surface area contributed by atoms with Crippen LogP contribution < -0.4 is 10.6 Å². The standard InChI is InChI=1S/C21H20F6N4O2/c1-13-12-30(18(32)28-16-6-2-4-14(10-16)20(22,23)24)8-9-31(13)19(33)29-17-7-3-5-15(11-17)21(25,26)27/h2-7,10-11,13H,8-9,12H2,1H3,(H,28,32)(H,29,33)/t13-/m1/s1. The number of nitrogens with zero attached hydrogens (tertiary/aromatic N) is 2. The van der Waals surface area contributed by atoms with E-state index in [9.17, 15) is 35.9 Å². The van der Waals surface area contributed by atoms with Crippen LogP contribution in [-0.2, 0) is 12.4 Å². The van der Waals surface area contributed by atoms with E-state index in [0.29, 0.717) is 0 Å². The number of hydrogen-bond acceptors (Lipinski definition) is 2. The molecular formula is C21H20F6N4O2. The van der Waals surface area contributed by atoms with Crippen LogP contribution in [-0.4, -0.2) is 47.5 Å². The molecule has 0 bridgehead atoms. The topological polar surface area (TPSA) is 64.7 Å². The lowest BCUT2D eigenvalue weighted by Gasteiger charge is -2.39. The molecule has 2 aromatic rings. The number of amides is 4. The fraction of sp³-hybridized carbons (Fsp3) is 0.333. The van der Waals surface area contributed by atoms with E-state index < -0.39 is 41.6 Å². The van der Waals surface area contributed by atoms with Gasteiger partial charge in [-0.2, -0.15) is 26.3 Å². The normalized spacial score (nSPS) is 17.0. The number of urea groups is 2. The molecule has 0 radical (unpaired) electrons. The molecule has 0 spiro atoms. The summed E-state index contributed by atoms with van der Waals surface area (Å²) >= 11 is 0. The molecule has 2 N–H and O–H groups in total. The zero-order valence-electron chi connectivity index (χ0n) is 17.3. The van der Waals surface area contributed by atoms with Crippen molar-refractivity contribution in [2.24, 2.45) is 0 Å². The molecule has 3 rings (SSSR count). The van der Waals surface area contributed by atoms with Gasteiger partial charge in [-0.25, -0.2) is 9.59 Å². The molecule has 1 aliphatic heterocycles. The number of piperazine rings is 1. The molecule has 33 heavy (non-hydrogen) atoms. The number of alkyl halides is 6. The summed E-state index contributed by atoms with van der Waals surface area (Å²) in [4.78, 5) is 27.7. The zero-order valence-corrected chi connectivity index (χ0v) is 17.3. The van der Waals surface area contributed by atoms with Crippen molar-refractivity contribution in [3.05, 3.63) is 59.7 Å². The first kappa shape index (κ1) is 24.2. The molecule has 1 atom stereocenters. The maximum Gasteiger partial charge on any atom is 0.416 e. The van der Waals surface area contributed by atoms with Gasteiger partial charge in [-0.05, 0) is 43.3 Å². The van der Waals surface area contributed by atoms with Gasteiger partial charge in [0.25, 0.3) is 0 Å². The van der Waals surface area contributed by atoms with Crippen LogP contribution in [0.5, 0.6) is 0 Å². The maximum atomic E-state index is 12.9. The Morgan fingerprint density at radius 3 is 1.76 bits per heavy atom. The second kappa shape index (κ2) is 9.20. The number of carbonyl (C=O) groups excluding carboxylic acids is 2. The van der Waals surface area contributed by atoms with Crippen LogP contribution in [0.25, 0.3) is 0 Å². The Hall–Kier alpha value is -3.44. The molecule has 4 amide bonds. The minimum absolute atomic E-state index is 0.0211. The molecule has 0 saturated carbocycles. The Balaban J connectivity index is 1.59. The molecule has 0 aromatic heterocycles. The first-order valence-electron chi connectivity index (χ1n) is 9.82. The SMILES string of the molecule is C[C@@H]1CN(C(=O)Nc2cccc(C(F)(F)F)c2)CCN1C(=O)Nc1cccc(C(F)(F)F)c1. The summed E-state index contributed by atoms with van der Waals surface area (Å²) in [5, 5.41) is 4.83. The number of carbonyl (C=O) groups is 2. The van der Waals surface area contributed by atoms with Crippen LogP contribution in [0, 0.1) is 0 Å². The van der Waals surface area contributed by atoms with Crippen LogP contribution in [0.2, 0.25) is 0 Å². The molecule has 0 unspecified atom stereocenters. The van der Waals surface area contributed by atoms with E-state index in [4.69, 9.17) is 0 Å². The summed E-state index contributed by atoms with van der Waals surface area (Å²) in [5.41, 5.74) is -1.84. The average Bonchev–Trinajstić information content (AvgIpc) is 2.72. The molecule has 178 valence electrons. The van der Waals surface area contributed by atoms with Crippen molar-refractivity contribution in [1.82, 2.24) is 9.80 Å². The number of anilines is 2. The van der Waals surface area contributed by atoms with Crippen LogP contribution in [0.15, 0.2) is 48.5 Å². The zero-order chi connectivity index (χ0) is 24.4. The van der Waals surface area contributed by atoms with Gasteiger partial charge < -0.3 is 20.4 Å². The minimum atomic E-state index is -4.55. The molecule has 0 aliphatic carbocycles. The molecule has 1 fully saturated rings. The summed E-state index contributed by atoms with van der Waals surface area (Å²) in [6, 6.07) is 6.69. The van der Waals surface area contributed by atoms with Gasteiger partial charge in [-0.1, -0.05) is 12.1 Å². The summed E-state index contributed by atoms with van der Waals surface area (Å²) in [6.07, 6.45) is -9.10. The first-order chi connectivity index (χ1) is 15.3. The van der Waals surface area contributed by atoms with Crippen LogP contribution in [0.4, 0.5) is 47.3 Å². The third kappa shape index (κ3) is 6.08. The van der Waals surface area contributed by atoms with Crippen LogP contribution in [0.1, 0.15) is 18.1 Å². The maximum absolute atomic E-state index is 12.9. The largest absolute Gasteiger partial charge is 0.416 e. The molecule has 1 saturated heterocycles. The quantitative estimate of drug-likeness (QED) is 0.565. The second-order valence-corrected chi connectivity index (χ2v) is 7.51. The van der Waals surface area contributed by atoms with Gasteiger partial charge in [0.15, 0.2) is 0 Å².